The summed E-state index contributed by atoms with van der Waals surface area (Å²) in [7, 11) is -3.75. The van der Waals surface area contributed by atoms with Gasteiger partial charge in [0, 0.05) is 11.9 Å². The highest BCUT2D eigenvalue weighted by Gasteiger charge is 2.19. The molecular weight excluding hydrogens is 321 g/mol. The predicted molar refractivity (Wildman–Crippen MR) is 73.8 cm³/mol. The Balaban J connectivity index is 2.74. The first kappa shape index (κ1) is 15.6. The van der Waals surface area contributed by atoms with Crippen LogP contribution in [0.1, 0.15) is 19.8 Å². The first-order valence-electron chi connectivity index (χ1n) is 5.81. The molecule has 1 atom stereocenters. The van der Waals surface area contributed by atoms with Crippen LogP contribution in [0.15, 0.2) is 29.2 Å². The van der Waals surface area contributed by atoms with Crippen LogP contribution in [0.4, 0.5) is 4.39 Å². The molecule has 1 N–H and O–H groups in total. The number of benzene rings is 1. The van der Waals surface area contributed by atoms with Gasteiger partial charge in [-0.1, -0.05) is 41.4 Å². The van der Waals surface area contributed by atoms with Crippen molar-refractivity contribution >= 4 is 26.0 Å². The van der Waals surface area contributed by atoms with Crippen molar-refractivity contribution in [1.82, 2.24) is 4.72 Å². The van der Waals surface area contributed by atoms with Crippen LogP contribution < -0.4 is 4.72 Å². The summed E-state index contributed by atoms with van der Waals surface area (Å²) >= 11 is 3.33. The summed E-state index contributed by atoms with van der Waals surface area (Å²) in [5.41, 5.74) is 0. The standard InChI is InChI=1S/C12H17BrFNO2S/c1-2-10(7-8-13)9-15-18(16,17)12-6-4-3-5-11(12)14/h3-6,10,15H,2,7-9H2,1H3. The number of alkyl halides is 1. The lowest BCUT2D eigenvalue weighted by Crippen LogP contribution is -2.30. The maximum absolute atomic E-state index is 13.4. The van der Waals surface area contributed by atoms with Crippen molar-refractivity contribution in [2.24, 2.45) is 5.92 Å². The Labute approximate surface area is 116 Å². The van der Waals surface area contributed by atoms with Crippen molar-refractivity contribution in [3.63, 3.8) is 0 Å². The first-order chi connectivity index (χ1) is 8.51. The Morgan fingerprint density at radius 2 is 2.06 bits per heavy atom. The van der Waals surface area contributed by atoms with E-state index in [1.165, 1.54) is 18.2 Å². The van der Waals surface area contributed by atoms with E-state index in [9.17, 15) is 12.8 Å². The normalized spacial score (nSPS) is 13.5. The van der Waals surface area contributed by atoms with Crippen molar-refractivity contribution in [3.8, 4) is 0 Å². The number of hydrogen-bond acceptors (Lipinski definition) is 2. The van der Waals surface area contributed by atoms with Crippen molar-refractivity contribution in [2.75, 3.05) is 11.9 Å². The van der Waals surface area contributed by atoms with E-state index in [4.69, 9.17) is 0 Å². The van der Waals surface area contributed by atoms with Crippen LogP contribution in [0.25, 0.3) is 0 Å². The summed E-state index contributed by atoms with van der Waals surface area (Å²) in [5, 5.41) is 0.826. The molecule has 0 saturated heterocycles. The predicted octanol–water partition coefficient (Wildman–Crippen LogP) is 2.92. The molecule has 6 heteroatoms. The second kappa shape index (κ2) is 7.21. The summed E-state index contributed by atoms with van der Waals surface area (Å²) in [6.45, 7) is 2.34. The van der Waals surface area contributed by atoms with Crippen LogP contribution in [0.5, 0.6) is 0 Å². The molecule has 3 nitrogen and oxygen atoms in total. The fourth-order valence-electron chi connectivity index (χ4n) is 1.57. The molecule has 0 aliphatic carbocycles. The maximum Gasteiger partial charge on any atom is 0.243 e. The number of halogens is 2. The van der Waals surface area contributed by atoms with E-state index in [2.05, 4.69) is 20.7 Å². The topological polar surface area (TPSA) is 46.2 Å². The van der Waals surface area contributed by atoms with Gasteiger partial charge in [-0.05, 0) is 24.5 Å². The lowest BCUT2D eigenvalue weighted by Gasteiger charge is -2.14. The van der Waals surface area contributed by atoms with Gasteiger partial charge in [0.1, 0.15) is 10.7 Å². The molecule has 0 spiro atoms. The largest absolute Gasteiger partial charge is 0.243 e. The molecule has 0 bridgehead atoms. The second-order valence-electron chi connectivity index (χ2n) is 4.03. The second-order valence-corrected chi connectivity index (χ2v) is 6.56. The zero-order chi connectivity index (χ0) is 13.6. The van der Waals surface area contributed by atoms with E-state index in [1.54, 1.807) is 0 Å². The smallest absolute Gasteiger partial charge is 0.211 e. The SMILES string of the molecule is CCC(CCBr)CNS(=O)(=O)c1ccccc1F. The Bertz CT molecular complexity index is 479. The average molecular weight is 338 g/mol. The minimum Gasteiger partial charge on any atom is -0.211 e. The molecule has 0 heterocycles. The molecule has 1 aromatic carbocycles. The third-order valence-corrected chi connectivity index (χ3v) is 4.70. The van der Waals surface area contributed by atoms with Crippen LogP contribution >= 0.6 is 15.9 Å². The van der Waals surface area contributed by atoms with E-state index in [-0.39, 0.29) is 10.8 Å². The van der Waals surface area contributed by atoms with Crippen LogP contribution in [0.3, 0.4) is 0 Å². The molecule has 0 aromatic heterocycles. The average Bonchev–Trinajstić information content (AvgIpc) is 2.34. The molecule has 0 aliphatic rings. The third kappa shape index (κ3) is 4.33. The molecule has 1 aromatic rings. The van der Waals surface area contributed by atoms with Gasteiger partial charge in [0.25, 0.3) is 0 Å². The fraction of sp³-hybridized carbons (Fsp3) is 0.500. The molecular formula is C12H17BrFNO2S. The van der Waals surface area contributed by atoms with Crippen LogP contribution in [0, 0.1) is 11.7 Å². The molecule has 1 unspecified atom stereocenters. The van der Waals surface area contributed by atoms with Crippen LogP contribution in [-0.2, 0) is 10.0 Å². The minimum atomic E-state index is -3.75. The highest BCUT2D eigenvalue weighted by atomic mass is 79.9. The van der Waals surface area contributed by atoms with Gasteiger partial charge in [0.2, 0.25) is 10.0 Å². The van der Waals surface area contributed by atoms with E-state index >= 15 is 0 Å². The van der Waals surface area contributed by atoms with Gasteiger partial charge >= 0.3 is 0 Å². The van der Waals surface area contributed by atoms with Gasteiger partial charge in [-0.15, -0.1) is 0 Å². The Kier molecular flexibility index (Phi) is 6.25. The molecule has 102 valence electrons. The van der Waals surface area contributed by atoms with Crippen molar-refractivity contribution in [3.05, 3.63) is 30.1 Å². The molecule has 0 saturated carbocycles. The van der Waals surface area contributed by atoms with E-state index in [1.807, 2.05) is 6.92 Å². The summed E-state index contributed by atoms with van der Waals surface area (Å²) in [6.07, 6.45) is 1.77. The number of nitrogens with one attached hydrogen (secondary N) is 1. The van der Waals surface area contributed by atoms with Gasteiger partial charge in [-0.25, -0.2) is 17.5 Å². The Hall–Kier alpha value is -0.460. The zero-order valence-electron chi connectivity index (χ0n) is 10.2. The number of sulfonamides is 1. The summed E-state index contributed by atoms with van der Waals surface area (Å²) in [5.74, 6) is -0.468. The monoisotopic (exact) mass is 337 g/mol. The quantitative estimate of drug-likeness (QED) is 0.777. The lowest BCUT2D eigenvalue weighted by atomic mass is 10.0. The Morgan fingerprint density at radius 3 is 2.61 bits per heavy atom. The van der Waals surface area contributed by atoms with Gasteiger partial charge in [0.15, 0.2) is 0 Å². The van der Waals surface area contributed by atoms with Crippen LogP contribution in [-0.4, -0.2) is 20.3 Å². The number of rotatable bonds is 7. The van der Waals surface area contributed by atoms with E-state index in [0.29, 0.717) is 6.54 Å². The van der Waals surface area contributed by atoms with Crippen molar-refractivity contribution in [2.45, 2.75) is 24.7 Å². The number of hydrogen-bond donors (Lipinski definition) is 1. The van der Waals surface area contributed by atoms with Gasteiger partial charge in [-0.2, -0.15) is 0 Å². The molecule has 0 fully saturated rings. The summed E-state index contributed by atoms with van der Waals surface area (Å²) in [6, 6.07) is 5.38. The van der Waals surface area contributed by atoms with Crippen LogP contribution in [0.2, 0.25) is 0 Å². The van der Waals surface area contributed by atoms with E-state index in [0.717, 1.165) is 24.2 Å². The van der Waals surface area contributed by atoms with E-state index < -0.39 is 15.8 Å². The molecule has 0 radical (unpaired) electrons. The molecule has 0 aliphatic heterocycles. The third-order valence-electron chi connectivity index (χ3n) is 2.78. The zero-order valence-corrected chi connectivity index (χ0v) is 12.6. The molecule has 1 rings (SSSR count). The maximum atomic E-state index is 13.4. The fourth-order valence-corrected chi connectivity index (χ4v) is 3.41. The summed E-state index contributed by atoms with van der Waals surface area (Å²) < 4.78 is 39.7. The van der Waals surface area contributed by atoms with Crippen molar-refractivity contribution < 1.29 is 12.8 Å². The highest BCUT2D eigenvalue weighted by Crippen LogP contribution is 2.15. The molecule has 0 amide bonds. The van der Waals surface area contributed by atoms with Gasteiger partial charge in [0.05, 0.1) is 0 Å². The lowest BCUT2D eigenvalue weighted by molar-refractivity contribution is 0.481. The van der Waals surface area contributed by atoms with Crippen molar-refractivity contribution in [1.29, 1.82) is 0 Å². The first-order valence-corrected chi connectivity index (χ1v) is 8.42. The Morgan fingerprint density at radius 1 is 1.39 bits per heavy atom. The van der Waals surface area contributed by atoms with Gasteiger partial charge < -0.3 is 0 Å². The highest BCUT2D eigenvalue weighted by molar-refractivity contribution is 9.09. The minimum absolute atomic E-state index is 0.255. The van der Waals surface area contributed by atoms with Gasteiger partial charge in [-0.3, -0.25) is 0 Å². The summed E-state index contributed by atoms with van der Waals surface area (Å²) in [4.78, 5) is -0.293. The molecule has 18 heavy (non-hydrogen) atoms.